The van der Waals surface area contributed by atoms with Crippen molar-refractivity contribution in [3.05, 3.63) is 115 Å². The molecule has 9 nitrogen and oxygen atoms in total. The van der Waals surface area contributed by atoms with Crippen LogP contribution in [0.4, 0.5) is 11.4 Å². The number of hydrogen-bond donors (Lipinski definition) is 2. The van der Waals surface area contributed by atoms with Crippen LogP contribution in [0.1, 0.15) is 89.6 Å². The van der Waals surface area contributed by atoms with Gasteiger partial charge in [-0.15, -0.1) is 0 Å². The van der Waals surface area contributed by atoms with Crippen LogP contribution in [0, 0.1) is 52.9 Å². The number of benzene rings is 4. The molecule has 4 aromatic rings. The fourth-order valence-electron chi connectivity index (χ4n) is 8.54. The molecule has 0 fully saturated rings. The van der Waals surface area contributed by atoms with Crippen LogP contribution in [-0.4, -0.2) is 55.1 Å². The summed E-state index contributed by atoms with van der Waals surface area (Å²) in [7, 11) is -7.18. The molecule has 0 spiro atoms. The maximum atomic E-state index is 13.2. The second kappa shape index (κ2) is 18.9. The summed E-state index contributed by atoms with van der Waals surface area (Å²) in [5.74, 6) is 0. The van der Waals surface area contributed by atoms with Gasteiger partial charge in [-0.2, -0.15) is 5.26 Å². The van der Waals surface area contributed by atoms with Gasteiger partial charge in [0.05, 0.1) is 21.4 Å². The third-order valence-corrected chi connectivity index (χ3v) is 15.1. The number of anilines is 2. The number of halogens is 1. The largest absolute Gasteiger partial charge is 0.370 e. The summed E-state index contributed by atoms with van der Waals surface area (Å²) < 4.78 is 59.6. The Labute approximate surface area is 350 Å². The fraction of sp³-hybridized carbons (Fsp3) is 0.444. The van der Waals surface area contributed by atoms with Gasteiger partial charge in [-0.25, -0.2) is 26.3 Å². The molecule has 6 rings (SSSR count). The van der Waals surface area contributed by atoms with Crippen molar-refractivity contribution in [3.63, 3.8) is 0 Å². The van der Waals surface area contributed by atoms with Crippen LogP contribution in [0.2, 0.25) is 0 Å². The smallest absolute Gasteiger partial charge is 0.241 e. The zero-order chi connectivity index (χ0) is 41.7. The zero-order valence-electron chi connectivity index (χ0n) is 34.7. The van der Waals surface area contributed by atoms with E-state index in [-0.39, 0.29) is 12.1 Å². The first-order chi connectivity index (χ1) is 27.0. The van der Waals surface area contributed by atoms with Crippen LogP contribution in [0.5, 0.6) is 0 Å². The lowest BCUT2D eigenvalue weighted by molar-refractivity contribution is 0.522. The Morgan fingerprint density at radius 1 is 0.649 bits per heavy atom. The first kappa shape index (κ1) is 44.4. The number of fused-ring (bicyclic) bond motifs is 2. The molecule has 57 heavy (non-hydrogen) atoms. The van der Waals surface area contributed by atoms with Crippen molar-refractivity contribution >= 4 is 47.4 Å². The van der Waals surface area contributed by atoms with Crippen LogP contribution in [-0.2, 0) is 32.9 Å². The molecule has 0 aliphatic carbocycles. The molecule has 2 N–H and O–H groups in total. The maximum Gasteiger partial charge on any atom is 0.241 e. The van der Waals surface area contributed by atoms with Crippen LogP contribution < -0.4 is 19.2 Å². The molecule has 12 heteroatoms. The second-order valence-corrected chi connectivity index (χ2v) is 20.0. The lowest BCUT2D eigenvalue weighted by atomic mass is 9.99. The summed E-state index contributed by atoms with van der Waals surface area (Å²) in [6, 6.07) is 21.7. The van der Waals surface area contributed by atoms with Crippen LogP contribution in [0.3, 0.4) is 0 Å². The summed E-state index contributed by atoms with van der Waals surface area (Å²) >= 11 is 3.55. The van der Waals surface area contributed by atoms with E-state index in [0.717, 1.165) is 88.7 Å². The van der Waals surface area contributed by atoms with Gasteiger partial charge in [0.1, 0.15) is 0 Å². The highest BCUT2D eigenvalue weighted by Crippen LogP contribution is 2.31. The van der Waals surface area contributed by atoms with Crippen molar-refractivity contribution in [2.45, 2.75) is 116 Å². The van der Waals surface area contributed by atoms with Crippen molar-refractivity contribution < 1.29 is 16.8 Å². The molecule has 4 aromatic carbocycles. The van der Waals surface area contributed by atoms with Gasteiger partial charge in [0.15, 0.2) is 0 Å². The molecule has 0 amide bonds. The summed E-state index contributed by atoms with van der Waals surface area (Å²) in [4.78, 5) is 5.36. The molecule has 2 heterocycles. The molecular weight excluding hydrogens is 819 g/mol. The number of aryl methyl sites for hydroxylation is 8. The number of nitrogens with zero attached hydrogens (tertiary/aromatic N) is 3. The van der Waals surface area contributed by atoms with E-state index in [4.69, 9.17) is 5.26 Å². The predicted octanol–water partition coefficient (Wildman–Crippen LogP) is 8.88. The Kier molecular flexibility index (Phi) is 14.7. The first-order valence-electron chi connectivity index (χ1n) is 20.0. The summed E-state index contributed by atoms with van der Waals surface area (Å²) in [6.07, 6.45) is 5.54. The van der Waals surface area contributed by atoms with E-state index in [2.05, 4.69) is 59.4 Å². The number of rotatable bonds is 12. The molecule has 2 aliphatic rings. The molecule has 2 aliphatic heterocycles. The predicted molar refractivity (Wildman–Crippen MR) is 236 cm³/mol. The SMILES string of the molecule is CC[C@@H](CN1CCCc2cc(Br)ccc21)NS(=O)(=O)c1c(C)cc(C)cc1C.CC[C@@H](CN1CCCc2cc(C#N)ccc21)NS(=O)(=O)c1c(C)cc(C)cc1C. The van der Waals surface area contributed by atoms with E-state index >= 15 is 0 Å². The average molecular weight is 877 g/mol. The lowest BCUT2D eigenvalue weighted by Crippen LogP contribution is -2.45. The molecule has 2 atom stereocenters. The van der Waals surface area contributed by atoms with Crippen LogP contribution >= 0.6 is 15.9 Å². The van der Waals surface area contributed by atoms with Crippen LogP contribution in [0.25, 0.3) is 0 Å². The zero-order valence-corrected chi connectivity index (χ0v) is 37.9. The van der Waals surface area contributed by atoms with Gasteiger partial charge >= 0.3 is 0 Å². The van der Waals surface area contributed by atoms with Gasteiger partial charge in [0.2, 0.25) is 20.0 Å². The van der Waals surface area contributed by atoms with Crippen molar-refractivity contribution in [3.8, 4) is 6.07 Å². The Morgan fingerprint density at radius 3 is 1.46 bits per heavy atom. The summed E-state index contributed by atoms with van der Waals surface area (Å²) in [5, 5.41) is 9.15. The summed E-state index contributed by atoms with van der Waals surface area (Å²) in [5.41, 5.74) is 10.8. The quantitative estimate of drug-likeness (QED) is 0.146. The van der Waals surface area contributed by atoms with Gasteiger partial charge in [-0.05, 0) is 150 Å². The van der Waals surface area contributed by atoms with Gasteiger partial charge in [-0.1, -0.05) is 65.2 Å². The lowest BCUT2D eigenvalue weighted by Gasteiger charge is -2.34. The highest BCUT2D eigenvalue weighted by Gasteiger charge is 2.28. The normalized spacial score (nSPS) is 15.2. The Balaban J connectivity index is 0.000000218. The van der Waals surface area contributed by atoms with Crippen molar-refractivity contribution in [1.82, 2.24) is 9.44 Å². The van der Waals surface area contributed by atoms with E-state index in [1.54, 1.807) is 0 Å². The second-order valence-electron chi connectivity index (χ2n) is 15.7. The van der Waals surface area contributed by atoms with Crippen LogP contribution in [0.15, 0.2) is 74.9 Å². The Hall–Kier alpha value is -3.73. The molecule has 0 saturated carbocycles. The molecule has 0 unspecified atom stereocenters. The number of nitriles is 1. The number of nitrogens with one attached hydrogen (secondary N) is 2. The van der Waals surface area contributed by atoms with Crippen molar-refractivity contribution in [2.24, 2.45) is 0 Å². The Morgan fingerprint density at radius 2 is 1.05 bits per heavy atom. The summed E-state index contributed by atoms with van der Waals surface area (Å²) in [6.45, 7) is 18.6. The number of hydrogen-bond acceptors (Lipinski definition) is 7. The molecular formula is C45H58BrN5O4S2. The van der Waals surface area contributed by atoms with Crippen molar-refractivity contribution in [2.75, 3.05) is 36.0 Å². The maximum absolute atomic E-state index is 13.2. The van der Waals surface area contributed by atoms with Gasteiger partial charge < -0.3 is 9.80 Å². The van der Waals surface area contributed by atoms with E-state index in [0.29, 0.717) is 34.9 Å². The number of sulfonamides is 2. The molecule has 0 aromatic heterocycles. The third kappa shape index (κ3) is 10.9. The average Bonchev–Trinajstić information content (AvgIpc) is 3.13. The Bertz CT molecular complexity index is 2310. The minimum atomic E-state index is -3.61. The third-order valence-electron chi connectivity index (χ3n) is 10.9. The molecule has 0 bridgehead atoms. The van der Waals surface area contributed by atoms with Gasteiger partial charge in [0.25, 0.3) is 0 Å². The fourth-order valence-corrected chi connectivity index (χ4v) is 12.5. The van der Waals surface area contributed by atoms with E-state index < -0.39 is 20.0 Å². The minimum Gasteiger partial charge on any atom is -0.370 e. The highest BCUT2D eigenvalue weighted by molar-refractivity contribution is 9.10. The van der Waals surface area contributed by atoms with E-state index in [1.807, 2.05) is 97.9 Å². The molecule has 0 radical (unpaired) electrons. The minimum absolute atomic E-state index is 0.139. The standard InChI is InChI=1S/C23H29N3O2S.C22H29BrN2O2S/c1-5-21(25-29(27,28)23-17(3)11-16(2)12-18(23)4)15-26-10-6-7-20-13-19(14-24)8-9-22(20)26;1-5-20(14-25-10-6-7-18-13-19(23)8-9-21(18)25)24-28(26,27)22-16(3)11-15(2)12-17(22)4/h8-9,11-13,21,25H,5-7,10,15H2,1-4H3;8-9,11-13,20,24H,5-7,10,14H2,1-4H3/t21-;20-/m00/s1. The van der Waals surface area contributed by atoms with E-state index in [1.165, 1.54) is 16.8 Å². The van der Waals surface area contributed by atoms with E-state index in [9.17, 15) is 16.8 Å². The highest BCUT2D eigenvalue weighted by atomic mass is 79.9. The molecule has 306 valence electrons. The molecule has 0 saturated heterocycles. The van der Waals surface area contributed by atoms with Crippen molar-refractivity contribution in [1.29, 1.82) is 5.26 Å². The first-order valence-corrected chi connectivity index (χ1v) is 23.7. The van der Waals surface area contributed by atoms with Gasteiger partial charge in [0, 0.05) is 54.1 Å². The topological polar surface area (TPSA) is 123 Å². The monoisotopic (exact) mass is 875 g/mol. The van der Waals surface area contributed by atoms with Gasteiger partial charge in [-0.3, -0.25) is 0 Å².